The molecule has 1 N–H and O–H groups in total. The Bertz CT molecular complexity index is 473. The number of benzene rings is 1. The molecule has 1 aliphatic carbocycles. The minimum Gasteiger partial charge on any atom is -0.405 e. The summed E-state index contributed by atoms with van der Waals surface area (Å²) in [5.41, 5.74) is 1.25. The molecule has 19 heavy (non-hydrogen) atoms. The Morgan fingerprint density at radius 2 is 2.05 bits per heavy atom. The van der Waals surface area contributed by atoms with E-state index in [0.29, 0.717) is 22.5 Å². The maximum absolute atomic E-state index is 12.1. The lowest BCUT2D eigenvalue weighted by atomic mass is 10.2. The van der Waals surface area contributed by atoms with Gasteiger partial charge in [0.15, 0.2) is 0 Å². The van der Waals surface area contributed by atoms with Crippen molar-refractivity contribution in [2.45, 2.75) is 39.2 Å². The number of alkyl halides is 3. The maximum Gasteiger partial charge on any atom is 0.573 e. The number of ether oxygens (including phenoxy) is 1. The molecule has 6 heteroatoms. The zero-order chi connectivity index (χ0) is 14.3. The topological polar surface area (TPSA) is 21.3 Å². The van der Waals surface area contributed by atoms with Crippen LogP contribution in [-0.4, -0.2) is 12.4 Å². The lowest BCUT2D eigenvalue weighted by Crippen LogP contribution is -2.20. The molecule has 1 aromatic carbocycles. The highest BCUT2D eigenvalue weighted by atomic mass is 79.9. The molecule has 1 atom stereocenters. The van der Waals surface area contributed by atoms with Crippen molar-refractivity contribution >= 4 is 15.9 Å². The van der Waals surface area contributed by atoms with Crippen LogP contribution in [0.5, 0.6) is 5.75 Å². The van der Waals surface area contributed by atoms with Gasteiger partial charge in [-0.25, -0.2) is 0 Å². The van der Waals surface area contributed by atoms with Gasteiger partial charge in [0.25, 0.3) is 0 Å². The van der Waals surface area contributed by atoms with Crippen LogP contribution in [0.15, 0.2) is 22.7 Å². The van der Waals surface area contributed by atoms with Gasteiger partial charge in [0.1, 0.15) is 5.75 Å². The maximum atomic E-state index is 12.1. The summed E-state index contributed by atoms with van der Waals surface area (Å²) in [5, 5.41) is 3.37. The molecule has 0 saturated heterocycles. The molecule has 0 bridgehead atoms. The van der Waals surface area contributed by atoms with Crippen LogP contribution in [0, 0.1) is 5.41 Å². The average molecular weight is 338 g/mol. The normalized spacial score (nSPS) is 21.3. The minimum atomic E-state index is -4.67. The van der Waals surface area contributed by atoms with Gasteiger partial charge < -0.3 is 10.1 Å². The molecule has 0 spiro atoms. The fraction of sp³-hybridized carbons (Fsp3) is 0.538. The molecule has 0 aromatic heterocycles. The quantitative estimate of drug-likeness (QED) is 0.887. The third kappa shape index (κ3) is 4.11. The Hall–Kier alpha value is -0.750. The molecular weight excluding hydrogens is 323 g/mol. The van der Waals surface area contributed by atoms with Crippen LogP contribution >= 0.6 is 15.9 Å². The van der Waals surface area contributed by atoms with Crippen LogP contribution in [-0.2, 0) is 6.54 Å². The number of nitrogens with one attached hydrogen (secondary N) is 1. The summed E-state index contributed by atoms with van der Waals surface area (Å²) in [6, 6.07) is 5.09. The molecule has 0 amide bonds. The second-order valence-electron chi connectivity index (χ2n) is 5.44. The van der Waals surface area contributed by atoms with E-state index < -0.39 is 6.36 Å². The Balaban J connectivity index is 1.95. The van der Waals surface area contributed by atoms with Crippen molar-refractivity contribution in [2.75, 3.05) is 0 Å². The highest BCUT2D eigenvalue weighted by Gasteiger charge is 2.44. The summed E-state index contributed by atoms with van der Waals surface area (Å²) in [4.78, 5) is 0. The molecule has 1 fully saturated rings. The van der Waals surface area contributed by atoms with Gasteiger partial charge >= 0.3 is 6.36 Å². The first kappa shape index (κ1) is 14.7. The van der Waals surface area contributed by atoms with Gasteiger partial charge in [-0.3, -0.25) is 0 Å². The third-order valence-corrected chi connectivity index (χ3v) is 3.91. The van der Waals surface area contributed by atoms with Gasteiger partial charge in [-0.05, 0) is 45.5 Å². The molecule has 0 aliphatic heterocycles. The molecule has 2 rings (SSSR count). The average Bonchev–Trinajstić information content (AvgIpc) is 2.85. The first-order valence-electron chi connectivity index (χ1n) is 5.95. The second kappa shape index (κ2) is 4.98. The Kier molecular flexibility index (Phi) is 3.84. The van der Waals surface area contributed by atoms with E-state index in [9.17, 15) is 13.2 Å². The Labute approximate surface area is 118 Å². The number of halogens is 4. The molecule has 0 heterocycles. The van der Waals surface area contributed by atoms with Crippen LogP contribution in [0.2, 0.25) is 0 Å². The van der Waals surface area contributed by atoms with Crippen LogP contribution in [0.3, 0.4) is 0 Å². The summed E-state index contributed by atoms with van der Waals surface area (Å²) in [5.74, 6) is -0.219. The molecule has 106 valence electrons. The minimum absolute atomic E-state index is 0.219. The molecular formula is C13H15BrF3NO. The lowest BCUT2D eigenvalue weighted by molar-refractivity contribution is -0.274. The highest BCUT2D eigenvalue weighted by molar-refractivity contribution is 9.10. The number of hydrogen-bond acceptors (Lipinski definition) is 2. The number of hydrogen-bond donors (Lipinski definition) is 1. The van der Waals surface area contributed by atoms with E-state index in [1.165, 1.54) is 6.07 Å². The predicted molar refractivity (Wildman–Crippen MR) is 69.9 cm³/mol. The van der Waals surface area contributed by atoms with Gasteiger partial charge in [0, 0.05) is 12.6 Å². The molecule has 1 aromatic rings. The van der Waals surface area contributed by atoms with Gasteiger partial charge in [0.05, 0.1) is 4.47 Å². The fourth-order valence-corrected chi connectivity index (χ4v) is 2.43. The molecule has 0 radical (unpaired) electrons. The van der Waals surface area contributed by atoms with Crippen molar-refractivity contribution in [3.05, 3.63) is 28.2 Å². The fourth-order valence-electron chi connectivity index (χ4n) is 1.92. The van der Waals surface area contributed by atoms with Crippen molar-refractivity contribution in [2.24, 2.45) is 5.41 Å². The number of rotatable bonds is 4. The van der Waals surface area contributed by atoms with E-state index in [0.717, 1.165) is 12.0 Å². The SMILES string of the molecule is CC1(C)CC1NCc1ccc(OC(F)(F)F)c(Br)c1. The van der Waals surface area contributed by atoms with Gasteiger partial charge in [-0.1, -0.05) is 19.9 Å². The van der Waals surface area contributed by atoms with E-state index in [1.807, 2.05) is 0 Å². The second-order valence-corrected chi connectivity index (χ2v) is 6.29. The van der Waals surface area contributed by atoms with Crippen molar-refractivity contribution < 1.29 is 17.9 Å². The van der Waals surface area contributed by atoms with Gasteiger partial charge in [0.2, 0.25) is 0 Å². The van der Waals surface area contributed by atoms with Crippen molar-refractivity contribution in [3.8, 4) is 5.75 Å². The predicted octanol–water partition coefficient (Wildman–Crippen LogP) is 4.24. The summed E-state index contributed by atoms with van der Waals surface area (Å²) in [7, 11) is 0. The van der Waals surface area contributed by atoms with Crippen LogP contribution < -0.4 is 10.1 Å². The Morgan fingerprint density at radius 3 is 2.53 bits per heavy atom. The van der Waals surface area contributed by atoms with E-state index in [4.69, 9.17) is 0 Å². The van der Waals surface area contributed by atoms with E-state index in [-0.39, 0.29) is 5.75 Å². The van der Waals surface area contributed by atoms with Gasteiger partial charge in [-0.2, -0.15) is 0 Å². The summed E-state index contributed by atoms with van der Waals surface area (Å²) in [6.45, 7) is 5.00. The summed E-state index contributed by atoms with van der Waals surface area (Å²) < 4.78 is 40.5. The molecule has 1 aliphatic rings. The van der Waals surface area contributed by atoms with Crippen molar-refractivity contribution in [1.29, 1.82) is 0 Å². The first-order chi connectivity index (χ1) is 8.67. The zero-order valence-corrected chi connectivity index (χ0v) is 12.2. The summed E-state index contributed by atoms with van der Waals surface area (Å²) >= 11 is 3.09. The Morgan fingerprint density at radius 1 is 1.42 bits per heavy atom. The highest BCUT2D eigenvalue weighted by Crippen LogP contribution is 2.44. The molecule has 1 saturated carbocycles. The summed E-state index contributed by atoms with van der Waals surface area (Å²) in [6.07, 6.45) is -3.54. The first-order valence-corrected chi connectivity index (χ1v) is 6.74. The molecule has 1 unspecified atom stereocenters. The van der Waals surface area contributed by atoms with Crippen LogP contribution in [0.1, 0.15) is 25.8 Å². The van der Waals surface area contributed by atoms with Crippen LogP contribution in [0.4, 0.5) is 13.2 Å². The van der Waals surface area contributed by atoms with E-state index >= 15 is 0 Å². The monoisotopic (exact) mass is 337 g/mol. The van der Waals surface area contributed by atoms with E-state index in [2.05, 4.69) is 39.8 Å². The van der Waals surface area contributed by atoms with Crippen LogP contribution in [0.25, 0.3) is 0 Å². The van der Waals surface area contributed by atoms with Crippen molar-refractivity contribution in [1.82, 2.24) is 5.32 Å². The zero-order valence-electron chi connectivity index (χ0n) is 10.6. The van der Waals surface area contributed by atoms with Gasteiger partial charge in [-0.15, -0.1) is 13.2 Å². The standard InChI is InChI=1S/C13H15BrF3NO/c1-12(2)6-11(12)18-7-8-3-4-10(9(14)5-8)19-13(15,16)17/h3-5,11,18H,6-7H2,1-2H3. The van der Waals surface area contributed by atoms with Crippen molar-refractivity contribution in [3.63, 3.8) is 0 Å². The third-order valence-electron chi connectivity index (χ3n) is 3.29. The van der Waals surface area contributed by atoms with E-state index in [1.54, 1.807) is 12.1 Å². The lowest BCUT2D eigenvalue weighted by Gasteiger charge is -2.12. The largest absolute Gasteiger partial charge is 0.573 e. The molecule has 2 nitrogen and oxygen atoms in total. The smallest absolute Gasteiger partial charge is 0.405 e.